The van der Waals surface area contributed by atoms with E-state index in [1.54, 1.807) is 11.9 Å². The van der Waals surface area contributed by atoms with Crippen LogP contribution < -0.4 is 5.73 Å². The summed E-state index contributed by atoms with van der Waals surface area (Å²) in [5.41, 5.74) is 8.23. The lowest BCUT2D eigenvalue weighted by Gasteiger charge is -2.24. The number of nitrogens with zero attached hydrogens (tertiary/aromatic N) is 1. The molecule has 1 rings (SSSR count). The molecule has 0 aliphatic carbocycles. The topological polar surface area (TPSA) is 46.3 Å². The minimum Gasteiger partial charge on any atom is -0.340 e. The molecule has 0 saturated carbocycles. The van der Waals surface area contributed by atoms with Crippen molar-refractivity contribution in [3.8, 4) is 0 Å². The molecule has 0 heterocycles. The molecule has 0 aliphatic heterocycles. The number of aryl methyl sites for hydroxylation is 1. The van der Waals surface area contributed by atoms with Crippen molar-refractivity contribution in [1.29, 1.82) is 0 Å². The predicted octanol–water partition coefficient (Wildman–Crippen LogP) is 2.36. The molecule has 0 fully saturated rings. The van der Waals surface area contributed by atoms with Crippen molar-refractivity contribution in [3.63, 3.8) is 0 Å². The molecule has 102 valence electrons. The third kappa shape index (κ3) is 4.31. The summed E-state index contributed by atoms with van der Waals surface area (Å²) < 4.78 is 0. The Morgan fingerprint density at radius 3 is 2.39 bits per heavy atom. The summed E-state index contributed by atoms with van der Waals surface area (Å²) in [5, 5.41) is 0. The summed E-state index contributed by atoms with van der Waals surface area (Å²) in [5.74, 6) is 0.171. The summed E-state index contributed by atoms with van der Waals surface area (Å²) in [7, 11) is 1.80. The highest BCUT2D eigenvalue weighted by atomic mass is 35.5. The normalized spacial score (nSPS) is 11.9. The van der Waals surface area contributed by atoms with Crippen LogP contribution in [0.1, 0.15) is 25.0 Å². The van der Waals surface area contributed by atoms with Crippen molar-refractivity contribution in [1.82, 2.24) is 4.90 Å². The molecule has 0 unspecified atom stereocenters. The summed E-state index contributed by atoms with van der Waals surface area (Å²) in [6.45, 7) is 6.59. The number of carbonyl (C=O) groups excluding carboxylic acids is 1. The highest BCUT2D eigenvalue weighted by Crippen LogP contribution is 2.11. The van der Waals surface area contributed by atoms with Gasteiger partial charge in [-0.05, 0) is 24.0 Å². The Kier molecular flexibility index (Phi) is 6.96. The Hall–Kier alpha value is -1.06. The van der Waals surface area contributed by atoms with Crippen molar-refractivity contribution in [2.75, 3.05) is 7.05 Å². The molecule has 3 nitrogen and oxygen atoms in total. The first-order valence-electron chi connectivity index (χ1n) is 5.98. The zero-order valence-corrected chi connectivity index (χ0v) is 12.3. The van der Waals surface area contributed by atoms with E-state index >= 15 is 0 Å². The Balaban J connectivity index is 0.00000289. The van der Waals surface area contributed by atoms with Crippen LogP contribution in [0.15, 0.2) is 24.3 Å². The molecule has 1 aromatic carbocycles. The maximum absolute atomic E-state index is 12.0. The molecule has 0 saturated heterocycles. The Morgan fingerprint density at radius 1 is 1.33 bits per heavy atom. The molecule has 0 spiro atoms. The molecular weight excluding hydrogens is 248 g/mol. The van der Waals surface area contributed by atoms with E-state index in [0.29, 0.717) is 6.54 Å². The monoisotopic (exact) mass is 270 g/mol. The van der Waals surface area contributed by atoms with E-state index in [4.69, 9.17) is 5.73 Å². The van der Waals surface area contributed by atoms with Crippen molar-refractivity contribution in [3.05, 3.63) is 35.4 Å². The lowest BCUT2D eigenvalue weighted by atomic mass is 10.0. The highest BCUT2D eigenvalue weighted by molar-refractivity contribution is 5.85. The maximum Gasteiger partial charge on any atom is 0.239 e. The van der Waals surface area contributed by atoms with Crippen LogP contribution in [0.4, 0.5) is 0 Å². The largest absolute Gasteiger partial charge is 0.340 e. The molecule has 0 bridgehead atoms. The van der Waals surface area contributed by atoms with Gasteiger partial charge in [-0.2, -0.15) is 0 Å². The van der Waals surface area contributed by atoms with E-state index in [2.05, 4.69) is 13.0 Å². The maximum atomic E-state index is 12.0. The number of hydrogen-bond donors (Lipinski definition) is 1. The number of benzene rings is 1. The number of rotatable bonds is 4. The molecule has 4 heteroatoms. The van der Waals surface area contributed by atoms with Crippen LogP contribution in [0.5, 0.6) is 0 Å². The van der Waals surface area contributed by atoms with Crippen LogP contribution in [0.25, 0.3) is 0 Å². The molecule has 0 radical (unpaired) electrons. The SMILES string of the molecule is Cc1ccccc1CN(C)C(=O)[C@H](N)C(C)C.Cl. The first kappa shape index (κ1) is 16.9. The Bertz CT molecular complexity index is 393. The second kappa shape index (κ2) is 7.39. The molecule has 2 N–H and O–H groups in total. The third-order valence-electron chi connectivity index (χ3n) is 3.05. The van der Waals surface area contributed by atoms with Crippen molar-refractivity contribution >= 4 is 18.3 Å². The number of likely N-dealkylation sites (N-methyl/N-ethyl adjacent to an activating group) is 1. The van der Waals surface area contributed by atoms with Crippen LogP contribution in [0, 0.1) is 12.8 Å². The van der Waals surface area contributed by atoms with Crippen LogP contribution >= 0.6 is 12.4 Å². The van der Waals surface area contributed by atoms with E-state index < -0.39 is 6.04 Å². The molecule has 18 heavy (non-hydrogen) atoms. The van der Waals surface area contributed by atoms with Crippen LogP contribution in [-0.4, -0.2) is 23.9 Å². The summed E-state index contributed by atoms with van der Waals surface area (Å²) in [6.07, 6.45) is 0. The number of hydrogen-bond acceptors (Lipinski definition) is 2. The number of halogens is 1. The second-order valence-corrected chi connectivity index (χ2v) is 4.89. The molecule has 1 aromatic rings. The van der Waals surface area contributed by atoms with Gasteiger partial charge in [0.15, 0.2) is 0 Å². The number of amides is 1. The van der Waals surface area contributed by atoms with Gasteiger partial charge in [-0.1, -0.05) is 38.1 Å². The van der Waals surface area contributed by atoms with E-state index in [0.717, 1.165) is 0 Å². The van der Waals surface area contributed by atoms with E-state index in [-0.39, 0.29) is 24.2 Å². The minimum atomic E-state index is -0.413. The Morgan fingerprint density at radius 2 is 1.89 bits per heavy atom. The molecule has 1 atom stereocenters. The first-order chi connectivity index (χ1) is 7.93. The zero-order chi connectivity index (χ0) is 13.0. The number of carbonyl (C=O) groups is 1. The van der Waals surface area contributed by atoms with Crippen LogP contribution in [-0.2, 0) is 11.3 Å². The highest BCUT2D eigenvalue weighted by Gasteiger charge is 2.21. The van der Waals surface area contributed by atoms with E-state index in [1.807, 2.05) is 32.0 Å². The Labute approximate surface area is 116 Å². The zero-order valence-electron chi connectivity index (χ0n) is 11.5. The summed E-state index contributed by atoms with van der Waals surface area (Å²) >= 11 is 0. The number of nitrogens with two attached hydrogens (primary N) is 1. The van der Waals surface area contributed by atoms with Crippen LogP contribution in [0.2, 0.25) is 0 Å². The average Bonchev–Trinajstić information content (AvgIpc) is 2.30. The van der Waals surface area contributed by atoms with Crippen LogP contribution in [0.3, 0.4) is 0 Å². The molecular formula is C14H23ClN2O. The van der Waals surface area contributed by atoms with Gasteiger partial charge in [0.1, 0.15) is 0 Å². The lowest BCUT2D eigenvalue weighted by Crippen LogP contribution is -2.44. The van der Waals surface area contributed by atoms with Gasteiger partial charge in [0.05, 0.1) is 6.04 Å². The second-order valence-electron chi connectivity index (χ2n) is 4.89. The van der Waals surface area contributed by atoms with Gasteiger partial charge in [0.2, 0.25) is 5.91 Å². The fraction of sp³-hybridized carbons (Fsp3) is 0.500. The average molecular weight is 271 g/mol. The van der Waals surface area contributed by atoms with E-state index in [1.165, 1.54) is 11.1 Å². The summed E-state index contributed by atoms with van der Waals surface area (Å²) in [6, 6.07) is 7.67. The first-order valence-corrected chi connectivity index (χ1v) is 5.98. The predicted molar refractivity (Wildman–Crippen MR) is 77.7 cm³/mol. The smallest absolute Gasteiger partial charge is 0.239 e. The molecule has 0 aromatic heterocycles. The van der Waals surface area contributed by atoms with Gasteiger partial charge in [-0.15, -0.1) is 12.4 Å². The standard InChI is InChI=1S/C14H22N2O.ClH/c1-10(2)13(15)14(17)16(4)9-12-8-6-5-7-11(12)3;/h5-8,10,13H,9,15H2,1-4H3;1H/t13-;/m1./s1. The van der Waals surface area contributed by atoms with Gasteiger partial charge < -0.3 is 10.6 Å². The fourth-order valence-electron chi connectivity index (χ4n) is 1.66. The van der Waals surface area contributed by atoms with Crippen molar-refractivity contribution in [2.45, 2.75) is 33.4 Å². The van der Waals surface area contributed by atoms with Gasteiger partial charge >= 0.3 is 0 Å². The molecule has 0 aliphatic rings. The third-order valence-corrected chi connectivity index (χ3v) is 3.05. The lowest BCUT2D eigenvalue weighted by molar-refractivity contribution is -0.132. The van der Waals surface area contributed by atoms with Gasteiger partial charge in [0.25, 0.3) is 0 Å². The van der Waals surface area contributed by atoms with Gasteiger partial charge in [0, 0.05) is 13.6 Å². The summed E-state index contributed by atoms with van der Waals surface area (Å²) in [4.78, 5) is 13.7. The minimum absolute atomic E-state index is 0. The van der Waals surface area contributed by atoms with Crippen molar-refractivity contribution < 1.29 is 4.79 Å². The van der Waals surface area contributed by atoms with Crippen molar-refractivity contribution in [2.24, 2.45) is 11.7 Å². The quantitative estimate of drug-likeness (QED) is 0.913. The fourth-order valence-corrected chi connectivity index (χ4v) is 1.66. The molecule has 1 amide bonds. The van der Waals surface area contributed by atoms with E-state index in [9.17, 15) is 4.79 Å². The van der Waals surface area contributed by atoms with Gasteiger partial charge in [-0.3, -0.25) is 4.79 Å². The van der Waals surface area contributed by atoms with Gasteiger partial charge in [-0.25, -0.2) is 0 Å².